The van der Waals surface area contributed by atoms with Crippen LogP contribution in [-0.2, 0) is 0 Å². The molecular formula is C13H14N4O2. The molecule has 0 spiro atoms. The molecule has 0 atom stereocenters. The van der Waals surface area contributed by atoms with E-state index < -0.39 is 5.91 Å². The van der Waals surface area contributed by atoms with Crippen LogP contribution < -0.4 is 15.8 Å². The number of anilines is 2. The van der Waals surface area contributed by atoms with Crippen molar-refractivity contribution < 1.29 is 9.53 Å². The van der Waals surface area contributed by atoms with Crippen LogP contribution in [0.25, 0.3) is 0 Å². The molecule has 0 bridgehead atoms. The molecule has 2 aromatic rings. The lowest BCUT2D eigenvalue weighted by molar-refractivity contribution is 0.0996. The summed E-state index contributed by atoms with van der Waals surface area (Å²) in [6.07, 6.45) is 1.67. The first-order valence-electron chi connectivity index (χ1n) is 5.82. The summed E-state index contributed by atoms with van der Waals surface area (Å²) in [5.41, 5.74) is 5.51. The number of hydrogen-bond donors (Lipinski definition) is 2. The number of carbonyl (C=O) groups excluding carboxylic acids is 1. The van der Waals surface area contributed by atoms with E-state index >= 15 is 0 Å². The number of nitrogens with one attached hydrogen (secondary N) is 1. The molecule has 98 valence electrons. The average molecular weight is 258 g/mol. The first kappa shape index (κ1) is 12.8. The second-order valence-electron chi connectivity index (χ2n) is 3.69. The Bertz CT molecular complexity index is 572. The Morgan fingerprint density at radius 2 is 2.16 bits per heavy atom. The molecular weight excluding hydrogens is 244 g/mol. The summed E-state index contributed by atoms with van der Waals surface area (Å²) in [7, 11) is 0. The van der Waals surface area contributed by atoms with Gasteiger partial charge in [-0.15, -0.1) is 0 Å². The number of nitrogens with two attached hydrogens (primary N) is 1. The van der Waals surface area contributed by atoms with Gasteiger partial charge in [-0.1, -0.05) is 6.07 Å². The highest BCUT2D eigenvalue weighted by atomic mass is 16.5. The molecule has 0 aliphatic rings. The van der Waals surface area contributed by atoms with Crippen molar-refractivity contribution in [1.29, 1.82) is 0 Å². The summed E-state index contributed by atoms with van der Waals surface area (Å²) in [5, 5.41) is 3.01. The Labute approximate surface area is 110 Å². The number of nitrogens with zero attached hydrogens (tertiary/aromatic N) is 2. The minimum Gasteiger partial charge on any atom is -0.477 e. The van der Waals surface area contributed by atoms with E-state index in [1.165, 1.54) is 0 Å². The fraction of sp³-hybridized carbons (Fsp3) is 0.154. The minimum absolute atomic E-state index is 0.218. The monoisotopic (exact) mass is 258 g/mol. The Morgan fingerprint density at radius 1 is 1.32 bits per heavy atom. The Morgan fingerprint density at radius 3 is 2.79 bits per heavy atom. The summed E-state index contributed by atoms with van der Waals surface area (Å²) in [5.74, 6) is 0.840. The largest absolute Gasteiger partial charge is 0.477 e. The van der Waals surface area contributed by atoms with E-state index in [0.717, 1.165) is 0 Å². The van der Waals surface area contributed by atoms with E-state index in [1.807, 2.05) is 25.1 Å². The van der Waals surface area contributed by atoms with Crippen molar-refractivity contribution in [1.82, 2.24) is 9.97 Å². The standard InChI is InChI=1S/C13H14N4O2/c1-2-19-13-9(12(14)18)6-7-11(17-13)16-10-5-3-4-8-15-10/h3-8H,2H2,1H3,(H2,14,18)(H,15,16,17). The molecule has 0 saturated heterocycles. The van der Waals surface area contributed by atoms with E-state index in [1.54, 1.807) is 18.3 Å². The van der Waals surface area contributed by atoms with Crippen molar-refractivity contribution >= 4 is 17.5 Å². The number of hydrogen-bond acceptors (Lipinski definition) is 5. The molecule has 19 heavy (non-hydrogen) atoms. The molecule has 2 aromatic heterocycles. The van der Waals surface area contributed by atoms with Crippen molar-refractivity contribution in [2.24, 2.45) is 5.73 Å². The van der Waals surface area contributed by atoms with Crippen molar-refractivity contribution in [3.05, 3.63) is 42.1 Å². The Hall–Kier alpha value is -2.63. The van der Waals surface area contributed by atoms with Crippen LogP contribution in [0.2, 0.25) is 0 Å². The maximum absolute atomic E-state index is 11.2. The smallest absolute Gasteiger partial charge is 0.254 e. The molecule has 0 saturated carbocycles. The first-order valence-corrected chi connectivity index (χ1v) is 5.82. The minimum atomic E-state index is -0.569. The third kappa shape index (κ3) is 3.19. The molecule has 6 nitrogen and oxygen atoms in total. The van der Waals surface area contributed by atoms with Crippen LogP contribution in [-0.4, -0.2) is 22.5 Å². The zero-order valence-electron chi connectivity index (χ0n) is 10.5. The third-order valence-electron chi connectivity index (χ3n) is 2.33. The van der Waals surface area contributed by atoms with Gasteiger partial charge in [-0.3, -0.25) is 4.79 Å². The van der Waals surface area contributed by atoms with E-state index in [4.69, 9.17) is 10.5 Å². The van der Waals surface area contributed by atoms with Gasteiger partial charge in [0.15, 0.2) is 0 Å². The van der Waals surface area contributed by atoms with Crippen LogP contribution in [0.15, 0.2) is 36.5 Å². The molecule has 2 rings (SSSR count). The average Bonchev–Trinajstić information content (AvgIpc) is 2.40. The van der Waals surface area contributed by atoms with E-state index in [9.17, 15) is 4.79 Å². The zero-order valence-corrected chi connectivity index (χ0v) is 10.5. The lowest BCUT2D eigenvalue weighted by Gasteiger charge is -2.09. The Kier molecular flexibility index (Phi) is 3.92. The van der Waals surface area contributed by atoms with Gasteiger partial charge >= 0.3 is 0 Å². The fourth-order valence-corrected chi connectivity index (χ4v) is 1.51. The highest BCUT2D eigenvalue weighted by Gasteiger charge is 2.12. The van der Waals surface area contributed by atoms with Crippen LogP contribution in [0.5, 0.6) is 5.88 Å². The predicted molar refractivity (Wildman–Crippen MR) is 71.4 cm³/mol. The van der Waals surface area contributed by atoms with Crippen LogP contribution in [0, 0.1) is 0 Å². The highest BCUT2D eigenvalue weighted by molar-refractivity contribution is 5.95. The van der Waals surface area contributed by atoms with Crippen LogP contribution in [0.1, 0.15) is 17.3 Å². The van der Waals surface area contributed by atoms with Gasteiger partial charge in [0.2, 0.25) is 5.88 Å². The zero-order chi connectivity index (χ0) is 13.7. The van der Waals surface area contributed by atoms with E-state index in [-0.39, 0.29) is 11.4 Å². The van der Waals surface area contributed by atoms with Gasteiger partial charge in [0.05, 0.1) is 6.61 Å². The molecule has 6 heteroatoms. The predicted octanol–water partition coefficient (Wildman–Crippen LogP) is 1.72. The SMILES string of the molecule is CCOc1nc(Nc2ccccn2)ccc1C(N)=O. The molecule has 3 N–H and O–H groups in total. The summed E-state index contributed by atoms with van der Waals surface area (Å²) in [6, 6.07) is 8.71. The number of carbonyl (C=O) groups is 1. The van der Waals surface area contributed by atoms with E-state index in [0.29, 0.717) is 18.2 Å². The van der Waals surface area contributed by atoms with Crippen molar-refractivity contribution in [2.75, 3.05) is 11.9 Å². The molecule has 0 fully saturated rings. The van der Waals surface area contributed by atoms with Crippen molar-refractivity contribution in [3.63, 3.8) is 0 Å². The number of pyridine rings is 2. The van der Waals surface area contributed by atoms with Gasteiger partial charge in [0.25, 0.3) is 5.91 Å². The molecule has 2 heterocycles. The van der Waals surface area contributed by atoms with Crippen molar-refractivity contribution in [2.45, 2.75) is 6.92 Å². The number of rotatable bonds is 5. The van der Waals surface area contributed by atoms with Gasteiger partial charge < -0.3 is 15.8 Å². The van der Waals surface area contributed by atoms with Crippen LogP contribution in [0.3, 0.4) is 0 Å². The number of amides is 1. The molecule has 0 aromatic carbocycles. The topological polar surface area (TPSA) is 90.1 Å². The summed E-state index contributed by atoms with van der Waals surface area (Å²) >= 11 is 0. The van der Waals surface area contributed by atoms with Crippen LogP contribution >= 0.6 is 0 Å². The summed E-state index contributed by atoms with van der Waals surface area (Å²) in [4.78, 5) is 19.6. The maximum atomic E-state index is 11.2. The van der Waals surface area contributed by atoms with Gasteiger partial charge in [0.1, 0.15) is 17.2 Å². The van der Waals surface area contributed by atoms with Gasteiger partial charge in [-0.25, -0.2) is 4.98 Å². The lowest BCUT2D eigenvalue weighted by atomic mass is 10.2. The quantitative estimate of drug-likeness (QED) is 0.852. The van der Waals surface area contributed by atoms with E-state index in [2.05, 4.69) is 15.3 Å². The number of aromatic nitrogens is 2. The molecule has 0 unspecified atom stereocenters. The van der Waals surface area contributed by atoms with Gasteiger partial charge in [-0.05, 0) is 31.2 Å². The second kappa shape index (κ2) is 5.81. The molecule has 0 aliphatic carbocycles. The molecule has 0 radical (unpaired) electrons. The third-order valence-corrected chi connectivity index (χ3v) is 2.33. The number of primary amides is 1. The second-order valence-corrected chi connectivity index (χ2v) is 3.69. The first-order chi connectivity index (χ1) is 9.20. The molecule has 1 amide bonds. The molecule has 0 aliphatic heterocycles. The van der Waals surface area contributed by atoms with Gasteiger partial charge in [0, 0.05) is 6.20 Å². The highest BCUT2D eigenvalue weighted by Crippen LogP contribution is 2.20. The maximum Gasteiger partial charge on any atom is 0.254 e. The normalized spacial score (nSPS) is 9.95. The van der Waals surface area contributed by atoms with Gasteiger partial charge in [-0.2, -0.15) is 4.98 Å². The van der Waals surface area contributed by atoms with Crippen molar-refractivity contribution in [3.8, 4) is 5.88 Å². The van der Waals surface area contributed by atoms with Crippen LogP contribution in [0.4, 0.5) is 11.6 Å². The Balaban J connectivity index is 2.27. The summed E-state index contributed by atoms with van der Waals surface area (Å²) in [6.45, 7) is 2.21. The summed E-state index contributed by atoms with van der Waals surface area (Å²) < 4.78 is 5.30. The fourth-order valence-electron chi connectivity index (χ4n) is 1.51. The lowest BCUT2D eigenvalue weighted by Crippen LogP contribution is -2.14. The number of ether oxygens (including phenoxy) is 1.